The molecule has 2 rings (SSSR count). The molecule has 0 atom stereocenters. The maximum Gasteiger partial charge on any atom is 0.262 e. The lowest BCUT2D eigenvalue weighted by Crippen LogP contribution is -2.25. The predicted molar refractivity (Wildman–Crippen MR) is 80.1 cm³/mol. The monoisotopic (exact) mass is 280 g/mol. The van der Waals surface area contributed by atoms with Crippen molar-refractivity contribution in [3.05, 3.63) is 65.6 Å². The topological polar surface area (TPSA) is 66.0 Å². The second-order valence-corrected chi connectivity index (χ2v) is 4.53. The average Bonchev–Trinajstić information content (AvgIpc) is 3.03. The zero-order chi connectivity index (χ0) is 14.9. The second kappa shape index (κ2) is 7.71. The Labute approximate surface area is 123 Å². The number of rotatable bonds is 6. The predicted octanol–water partition coefficient (Wildman–Crippen LogP) is 2.94. The van der Waals surface area contributed by atoms with E-state index < -0.39 is 0 Å². The van der Waals surface area contributed by atoms with Gasteiger partial charge in [0.05, 0.1) is 6.26 Å². The molecule has 2 aromatic rings. The number of hydrogen-bond acceptors (Lipinski definition) is 3. The molecule has 4 heteroatoms. The highest BCUT2D eigenvalue weighted by Crippen LogP contribution is 2.07. The van der Waals surface area contributed by atoms with Crippen LogP contribution in [0.15, 0.2) is 58.7 Å². The second-order valence-electron chi connectivity index (χ2n) is 4.53. The molecule has 4 nitrogen and oxygen atoms in total. The maximum atomic E-state index is 11.9. The van der Waals surface area contributed by atoms with E-state index in [4.69, 9.17) is 9.68 Å². The number of carbonyl (C=O) groups is 1. The van der Waals surface area contributed by atoms with Crippen LogP contribution in [0.4, 0.5) is 0 Å². The standard InChI is InChI=1S/C17H16N2O2/c18-13-15(12-16-9-5-11-21-16)17(20)19-10-4-8-14-6-2-1-3-7-14/h1-3,5-7,9,11-12H,4,8,10H2,(H,19,20)/b15-12-. The summed E-state index contributed by atoms with van der Waals surface area (Å²) in [5.41, 5.74) is 1.28. The van der Waals surface area contributed by atoms with Gasteiger partial charge in [-0.2, -0.15) is 5.26 Å². The Morgan fingerprint density at radius 3 is 2.71 bits per heavy atom. The van der Waals surface area contributed by atoms with Crippen LogP contribution in [-0.2, 0) is 11.2 Å². The molecular formula is C17H16N2O2. The van der Waals surface area contributed by atoms with Crippen LogP contribution in [-0.4, -0.2) is 12.5 Å². The zero-order valence-corrected chi connectivity index (χ0v) is 11.6. The van der Waals surface area contributed by atoms with Crippen LogP contribution in [0.1, 0.15) is 17.7 Å². The third-order valence-corrected chi connectivity index (χ3v) is 2.97. The van der Waals surface area contributed by atoms with Gasteiger partial charge in [-0.1, -0.05) is 30.3 Å². The van der Waals surface area contributed by atoms with E-state index in [-0.39, 0.29) is 11.5 Å². The summed E-state index contributed by atoms with van der Waals surface area (Å²) in [5.74, 6) is 0.118. The number of carbonyl (C=O) groups excluding carboxylic acids is 1. The van der Waals surface area contributed by atoms with Gasteiger partial charge in [-0.05, 0) is 30.5 Å². The van der Waals surface area contributed by atoms with Crippen molar-refractivity contribution in [2.45, 2.75) is 12.8 Å². The fourth-order valence-electron chi connectivity index (χ4n) is 1.90. The van der Waals surface area contributed by atoms with Gasteiger partial charge in [0.15, 0.2) is 0 Å². The number of nitrogens with one attached hydrogen (secondary N) is 1. The fourth-order valence-corrected chi connectivity index (χ4v) is 1.90. The zero-order valence-electron chi connectivity index (χ0n) is 11.6. The Kier molecular flexibility index (Phi) is 5.36. The molecular weight excluding hydrogens is 264 g/mol. The Hall–Kier alpha value is -2.80. The average molecular weight is 280 g/mol. The van der Waals surface area contributed by atoms with Crippen molar-refractivity contribution in [2.24, 2.45) is 0 Å². The van der Waals surface area contributed by atoms with Crippen LogP contribution in [0.5, 0.6) is 0 Å². The van der Waals surface area contributed by atoms with Crippen LogP contribution in [0.3, 0.4) is 0 Å². The molecule has 1 aromatic carbocycles. The van der Waals surface area contributed by atoms with Crippen molar-refractivity contribution >= 4 is 12.0 Å². The summed E-state index contributed by atoms with van der Waals surface area (Å²) in [6.07, 6.45) is 4.66. The van der Waals surface area contributed by atoms with E-state index >= 15 is 0 Å². The minimum atomic E-state index is -0.373. The maximum absolute atomic E-state index is 11.9. The fraction of sp³-hybridized carbons (Fsp3) is 0.176. The van der Waals surface area contributed by atoms with Crippen LogP contribution >= 0.6 is 0 Å². The number of aryl methyl sites for hydroxylation is 1. The smallest absolute Gasteiger partial charge is 0.262 e. The molecule has 1 amide bonds. The minimum Gasteiger partial charge on any atom is -0.465 e. The summed E-state index contributed by atoms with van der Waals surface area (Å²) in [4.78, 5) is 11.9. The molecule has 1 N–H and O–H groups in total. The Balaban J connectivity index is 1.80. The molecule has 0 fully saturated rings. The summed E-state index contributed by atoms with van der Waals surface area (Å²) in [7, 11) is 0. The van der Waals surface area contributed by atoms with Gasteiger partial charge in [0, 0.05) is 12.6 Å². The number of amides is 1. The van der Waals surface area contributed by atoms with E-state index in [1.807, 2.05) is 24.3 Å². The summed E-state index contributed by atoms with van der Waals surface area (Å²) in [6, 6.07) is 15.4. The minimum absolute atomic E-state index is 0.0460. The first kappa shape index (κ1) is 14.6. The van der Waals surface area contributed by atoms with Crippen LogP contribution < -0.4 is 5.32 Å². The molecule has 21 heavy (non-hydrogen) atoms. The summed E-state index contributed by atoms with van der Waals surface area (Å²) in [6.45, 7) is 0.533. The summed E-state index contributed by atoms with van der Waals surface area (Å²) < 4.78 is 5.09. The lowest BCUT2D eigenvalue weighted by Gasteiger charge is -2.04. The van der Waals surface area contributed by atoms with Gasteiger partial charge >= 0.3 is 0 Å². The highest BCUT2D eigenvalue weighted by atomic mass is 16.3. The molecule has 1 aromatic heterocycles. The number of furan rings is 1. The molecule has 0 unspecified atom stereocenters. The number of benzene rings is 1. The molecule has 1 heterocycles. The molecule has 106 valence electrons. The molecule has 0 aliphatic heterocycles. The van der Waals surface area contributed by atoms with Gasteiger partial charge in [-0.3, -0.25) is 4.79 Å². The van der Waals surface area contributed by atoms with Gasteiger partial charge in [-0.25, -0.2) is 0 Å². The lowest BCUT2D eigenvalue weighted by molar-refractivity contribution is -0.117. The molecule has 0 radical (unpaired) electrons. The van der Waals surface area contributed by atoms with E-state index in [9.17, 15) is 4.79 Å². The third kappa shape index (κ3) is 4.66. The first-order valence-corrected chi connectivity index (χ1v) is 6.77. The number of nitrogens with zero attached hydrogens (tertiary/aromatic N) is 1. The first-order chi connectivity index (χ1) is 10.3. The lowest BCUT2D eigenvalue weighted by atomic mass is 10.1. The van der Waals surface area contributed by atoms with Crippen molar-refractivity contribution < 1.29 is 9.21 Å². The Bertz CT molecular complexity index is 637. The molecule has 0 bridgehead atoms. The van der Waals surface area contributed by atoms with Gasteiger partial charge in [0.1, 0.15) is 17.4 Å². The number of nitriles is 1. The highest BCUT2D eigenvalue weighted by molar-refractivity contribution is 6.01. The van der Waals surface area contributed by atoms with Crippen LogP contribution in [0, 0.1) is 11.3 Å². The van der Waals surface area contributed by atoms with Crippen molar-refractivity contribution in [2.75, 3.05) is 6.54 Å². The van der Waals surface area contributed by atoms with Crippen molar-refractivity contribution in [3.63, 3.8) is 0 Å². The van der Waals surface area contributed by atoms with E-state index in [0.29, 0.717) is 12.3 Å². The van der Waals surface area contributed by atoms with E-state index in [1.54, 1.807) is 12.1 Å². The molecule has 0 aliphatic carbocycles. The Morgan fingerprint density at radius 2 is 2.05 bits per heavy atom. The molecule has 0 aliphatic rings. The van der Waals surface area contributed by atoms with Crippen molar-refractivity contribution in [1.29, 1.82) is 5.26 Å². The van der Waals surface area contributed by atoms with Gasteiger partial charge in [-0.15, -0.1) is 0 Å². The van der Waals surface area contributed by atoms with Crippen LogP contribution in [0.2, 0.25) is 0 Å². The first-order valence-electron chi connectivity index (χ1n) is 6.77. The summed E-state index contributed by atoms with van der Waals surface area (Å²) in [5, 5.41) is 11.8. The molecule has 0 saturated heterocycles. The Morgan fingerprint density at radius 1 is 1.24 bits per heavy atom. The largest absolute Gasteiger partial charge is 0.465 e. The van der Waals surface area contributed by atoms with Gasteiger partial charge < -0.3 is 9.73 Å². The molecule has 0 spiro atoms. The number of hydrogen-bond donors (Lipinski definition) is 1. The highest BCUT2D eigenvalue weighted by Gasteiger charge is 2.08. The van der Waals surface area contributed by atoms with E-state index in [1.165, 1.54) is 17.9 Å². The normalized spacial score (nSPS) is 10.9. The van der Waals surface area contributed by atoms with Crippen molar-refractivity contribution in [1.82, 2.24) is 5.32 Å². The van der Waals surface area contributed by atoms with Gasteiger partial charge in [0.25, 0.3) is 5.91 Å². The third-order valence-electron chi connectivity index (χ3n) is 2.97. The SMILES string of the molecule is N#C/C(=C/c1ccco1)C(=O)NCCCc1ccccc1. The quantitative estimate of drug-likeness (QED) is 0.502. The van der Waals surface area contributed by atoms with Crippen molar-refractivity contribution in [3.8, 4) is 6.07 Å². The van der Waals surface area contributed by atoms with E-state index in [2.05, 4.69) is 17.4 Å². The summed E-state index contributed by atoms with van der Waals surface area (Å²) >= 11 is 0. The molecule has 0 saturated carbocycles. The van der Waals surface area contributed by atoms with Gasteiger partial charge in [0.2, 0.25) is 0 Å². The van der Waals surface area contributed by atoms with Crippen LogP contribution in [0.25, 0.3) is 6.08 Å². The van der Waals surface area contributed by atoms with E-state index in [0.717, 1.165) is 12.8 Å².